The van der Waals surface area contributed by atoms with Crippen LogP contribution in [0.2, 0.25) is 0 Å². The van der Waals surface area contributed by atoms with Crippen molar-refractivity contribution in [3.8, 4) is 5.75 Å². The highest BCUT2D eigenvalue weighted by molar-refractivity contribution is 6.05. The number of aromatic amines is 1. The van der Waals surface area contributed by atoms with Gasteiger partial charge in [-0.2, -0.15) is 17.6 Å². The first-order chi connectivity index (χ1) is 16.4. The zero-order valence-electron chi connectivity index (χ0n) is 18.6. The van der Waals surface area contributed by atoms with Gasteiger partial charge in [-0.1, -0.05) is 12.1 Å². The van der Waals surface area contributed by atoms with Crippen molar-refractivity contribution in [2.75, 3.05) is 13.7 Å². The molecular formula is C24H21F5N2O4. The van der Waals surface area contributed by atoms with Gasteiger partial charge in [-0.25, -0.2) is 4.39 Å². The molecule has 1 fully saturated rings. The lowest BCUT2D eigenvalue weighted by atomic mass is 9.74. The highest BCUT2D eigenvalue weighted by atomic mass is 19.4. The summed E-state index contributed by atoms with van der Waals surface area (Å²) in [6.45, 7) is 0.393. The van der Waals surface area contributed by atoms with Crippen LogP contribution in [0.3, 0.4) is 0 Å². The number of rotatable bonds is 4. The molecule has 1 aromatic heterocycles. The number of hydrogen-bond donors (Lipinski definition) is 2. The monoisotopic (exact) mass is 496 g/mol. The Morgan fingerprint density at radius 1 is 1.20 bits per heavy atom. The van der Waals surface area contributed by atoms with Crippen LogP contribution in [0.25, 0.3) is 10.9 Å². The van der Waals surface area contributed by atoms with Crippen LogP contribution in [0.5, 0.6) is 5.75 Å². The Hall–Kier alpha value is -3.47. The molecule has 3 N–H and O–H groups in total. The van der Waals surface area contributed by atoms with Crippen molar-refractivity contribution in [1.82, 2.24) is 4.98 Å². The third-order valence-corrected chi connectivity index (χ3v) is 6.50. The molecule has 1 amide bonds. The van der Waals surface area contributed by atoms with Gasteiger partial charge in [-0.15, -0.1) is 0 Å². The highest BCUT2D eigenvalue weighted by Crippen LogP contribution is 2.51. The average molecular weight is 496 g/mol. The van der Waals surface area contributed by atoms with E-state index in [2.05, 4.69) is 4.98 Å². The Kier molecular flexibility index (Phi) is 6.08. The van der Waals surface area contributed by atoms with E-state index in [1.807, 2.05) is 0 Å². The quantitative estimate of drug-likeness (QED) is 0.520. The largest absolute Gasteiger partial charge is 0.493 e. The van der Waals surface area contributed by atoms with E-state index in [4.69, 9.17) is 15.2 Å². The summed E-state index contributed by atoms with van der Waals surface area (Å²) in [5.41, 5.74) is 2.62. The summed E-state index contributed by atoms with van der Waals surface area (Å²) < 4.78 is 80.3. The Labute approximate surface area is 195 Å². The topological polar surface area (TPSA) is 94.4 Å². The molecule has 0 bridgehead atoms. The molecule has 1 aliphatic rings. The molecule has 0 unspecified atom stereocenters. The number of benzene rings is 2. The van der Waals surface area contributed by atoms with Crippen molar-refractivity contribution in [2.45, 2.75) is 37.0 Å². The second kappa shape index (κ2) is 8.63. The van der Waals surface area contributed by atoms with Crippen molar-refractivity contribution in [2.24, 2.45) is 5.73 Å². The van der Waals surface area contributed by atoms with E-state index in [0.717, 1.165) is 26.2 Å². The minimum Gasteiger partial charge on any atom is -0.493 e. The predicted molar refractivity (Wildman–Crippen MR) is 117 cm³/mol. The number of amides is 1. The van der Waals surface area contributed by atoms with E-state index in [1.54, 1.807) is 0 Å². The maximum atomic E-state index is 14.5. The first kappa shape index (κ1) is 24.6. The number of halogens is 5. The normalized spacial score (nSPS) is 22.8. The fourth-order valence-corrected chi connectivity index (χ4v) is 4.62. The molecule has 3 atom stereocenters. The number of alkyl halides is 3. The van der Waals surface area contributed by atoms with Crippen molar-refractivity contribution in [1.29, 1.82) is 0 Å². The molecule has 35 heavy (non-hydrogen) atoms. The maximum Gasteiger partial charge on any atom is 0.417 e. The molecule has 3 aromatic rings. The number of nitrogens with one attached hydrogen (secondary N) is 1. The summed E-state index contributed by atoms with van der Waals surface area (Å²) in [5.74, 6) is -5.86. The summed E-state index contributed by atoms with van der Waals surface area (Å²) >= 11 is 0. The van der Waals surface area contributed by atoms with E-state index in [1.165, 1.54) is 24.3 Å². The van der Waals surface area contributed by atoms with Gasteiger partial charge in [-0.3, -0.25) is 9.59 Å². The molecule has 1 aliphatic heterocycles. The average Bonchev–Trinajstić information content (AvgIpc) is 2.79. The third-order valence-electron chi connectivity index (χ3n) is 6.50. The fraction of sp³-hybridized carbons (Fsp3) is 0.333. The maximum absolute atomic E-state index is 14.5. The summed E-state index contributed by atoms with van der Waals surface area (Å²) in [6.07, 6.45) is -5.40. The summed E-state index contributed by atoms with van der Waals surface area (Å²) in [5, 5.41) is 0.0302. The van der Waals surface area contributed by atoms with Crippen LogP contribution in [0.1, 0.15) is 46.8 Å². The van der Waals surface area contributed by atoms with Gasteiger partial charge in [0.05, 0.1) is 30.2 Å². The Balaban J connectivity index is 1.91. The molecule has 2 aromatic carbocycles. The minimum absolute atomic E-state index is 0.00186. The second-order valence-corrected chi connectivity index (χ2v) is 8.62. The van der Waals surface area contributed by atoms with Gasteiger partial charge in [0.25, 0.3) is 0 Å². The fourth-order valence-electron chi connectivity index (χ4n) is 4.62. The smallest absolute Gasteiger partial charge is 0.417 e. The van der Waals surface area contributed by atoms with Crippen molar-refractivity contribution >= 4 is 16.8 Å². The van der Waals surface area contributed by atoms with Crippen LogP contribution in [-0.2, 0) is 4.74 Å². The number of hydrogen-bond acceptors (Lipinski definition) is 4. The van der Waals surface area contributed by atoms with Gasteiger partial charge >= 0.3 is 6.18 Å². The van der Waals surface area contributed by atoms with Gasteiger partial charge < -0.3 is 20.2 Å². The Bertz CT molecular complexity index is 1370. The van der Waals surface area contributed by atoms with Crippen LogP contribution >= 0.6 is 0 Å². The number of pyridine rings is 1. The highest BCUT2D eigenvalue weighted by Gasteiger charge is 2.57. The molecular weight excluding hydrogens is 475 g/mol. The number of nitrogens with two attached hydrogens (primary N) is 1. The number of aromatic nitrogens is 1. The zero-order chi connectivity index (χ0) is 25.7. The lowest BCUT2D eigenvalue weighted by molar-refractivity contribution is -0.286. The molecule has 1 saturated heterocycles. The Morgan fingerprint density at radius 2 is 1.91 bits per heavy atom. The van der Waals surface area contributed by atoms with Crippen LogP contribution in [-0.4, -0.2) is 36.4 Å². The standard InChI is InChI=1S/C24H21F5N2O4/c1-23(24(27,28)29)9-13(11-6-7-15(25)20(26)21(11)34-2)14(10-35-23)17-8-18(32)19-12(22(30)33)4-3-5-16(19)31-17/h3-8,13-14H,9-10H2,1-2H3,(H2,30,33)(H,31,32)/t13-,14+,23+/m0/s1. The number of primary amides is 1. The summed E-state index contributed by atoms with van der Waals surface area (Å²) in [6, 6.07) is 7.53. The zero-order valence-corrected chi connectivity index (χ0v) is 18.6. The van der Waals surface area contributed by atoms with Crippen LogP contribution in [0.15, 0.2) is 41.2 Å². The van der Waals surface area contributed by atoms with Crippen LogP contribution in [0.4, 0.5) is 22.0 Å². The van der Waals surface area contributed by atoms with Crippen LogP contribution in [0, 0.1) is 11.6 Å². The lowest BCUT2D eigenvalue weighted by Gasteiger charge is -2.44. The summed E-state index contributed by atoms with van der Waals surface area (Å²) in [4.78, 5) is 27.7. The number of carbonyl (C=O) groups is 1. The first-order valence-electron chi connectivity index (χ1n) is 10.6. The molecule has 2 heterocycles. The molecule has 0 spiro atoms. The minimum atomic E-state index is -4.75. The third kappa shape index (κ3) is 4.13. The lowest BCUT2D eigenvalue weighted by Crippen LogP contribution is -2.51. The molecule has 4 rings (SSSR count). The molecule has 0 aliphatic carbocycles. The predicted octanol–water partition coefficient (Wildman–Crippen LogP) is 4.52. The van der Waals surface area contributed by atoms with E-state index < -0.39 is 65.4 Å². The van der Waals surface area contributed by atoms with Gasteiger partial charge in [0, 0.05) is 29.2 Å². The van der Waals surface area contributed by atoms with E-state index >= 15 is 0 Å². The molecule has 0 saturated carbocycles. The number of ether oxygens (including phenoxy) is 2. The summed E-state index contributed by atoms with van der Waals surface area (Å²) in [7, 11) is 1.09. The number of methoxy groups -OCH3 is 1. The van der Waals surface area contributed by atoms with Gasteiger partial charge in [0.1, 0.15) is 0 Å². The van der Waals surface area contributed by atoms with Gasteiger partial charge in [-0.05, 0) is 31.5 Å². The first-order valence-corrected chi connectivity index (χ1v) is 10.6. The van der Waals surface area contributed by atoms with Crippen molar-refractivity contribution in [3.05, 3.63) is 75.1 Å². The van der Waals surface area contributed by atoms with Gasteiger partial charge in [0.2, 0.25) is 11.7 Å². The molecule has 186 valence electrons. The molecule has 0 radical (unpaired) electrons. The number of H-pyrrole nitrogens is 1. The Morgan fingerprint density at radius 3 is 2.54 bits per heavy atom. The number of carbonyl (C=O) groups excluding carboxylic acids is 1. The second-order valence-electron chi connectivity index (χ2n) is 8.62. The van der Waals surface area contributed by atoms with E-state index in [-0.39, 0.29) is 27.7 Å². The van der Waals surface area contributed by atoms with E-state index in [0.29, 0.717) is 0 Å². The SMILES string of the molecule is COc1c([C@@H]2C[C@](C)(C(F)(F)F)OC[C@H]2c2cc(=O)c3c(C(N)=O)cccc3[nH]2)ccc(F)c1F. The van der Waals surface area contributed by atoms with Crippen molar-refractivity contribution < 1.29 is 36.2 Å². The molecule has 11 heteroatoms. The van der Waals surface area contributed by atoms with E-state index in [9.17, 15) is 31.5 Å². The number of fused-ring (bicyclic) bond motifs is 1. The van der Waals surface area contributed by atoms with Crippen LogP contribution < -0.4 is 15.9 Å². The van der Waals surface area contributed by atoms with Gasteiger partial charge in [0.15, 0.2) is 22.6 Å². The molecule has 6 nitrogen and oxygen atoms in total. The van der Waals surface area contributed by atoms with Crippen molar-refractivity contribution in [3.63, 3.8) is 0 Å².